The number of nitrogens with one attached hydrogen (secondary N) is 2. The number of ether oxygens (including phenoxy) is 2. The summed E-state index contributed by atoms with van der Waals surface area (Å²) in [6, 6.07) is 15.9. The molecule has 13 heteroatoms. The number of fused-ring (bicyclic) bond motifs is 1. The first-order chi connectivity index (χ1) is 22.5. The van der Waals surface area contributed by atoms with Crippen LogP contribution in [0.15, 0.2) is 78.0 Å². The second kappa shape index (κ2) is 16.7. The first kappa shape index (κ1) is 35.8. The van der Waals surface area contributed by atoms with Gasteiger partial charge in [0.05, 0.1) is 30.4 Å². The lowest BCUT2D eigenvalue weighted by atomic mass is 10.0. The van der Waals surface area contributed by atoms with Crippen molar-refractivity contribution in [1.82, 2.24) is 14.2 Å². The van der Waals surface area contributed by atoms with Crippen molar-refractivity contribution >= 4 is 33.3 Å². The molecule has 1 aromatic heterocycles. The Bertz CT molecular complexity index is 1580. The van der Waals surface area contributed by atoms with Crippen LogP contribution in [-0.4, -0.2) is 91.3 Å². The predicted molar refractivity (Wildman–Crippen MR) is 180 cm³/mol. The van der Waals surface area contributed by atoms with Crippen LogP contribution in [0.2, 0.25) is 0 Å². The number of rotatable bonds is 8. The Morgan fingerprint density at radius 1 is 1.09 bits per heavy atom. The molecular formula is C34H45N5O7S. The summed E-state index contributed by atoms with van der Waals surface area (Å²) in [5, 5.41) is 15.7. The van der Waals surface area contributed by atoms with Gasteiger partial charge in [0.2, 0.25) is 10.0 Å². The van der Waals surface area contributed by atoms with Crippen LogP contribution in [0.25, 0.3) is 0 Å². The number of amides is 3. The van der Waals surface area contributed by atoms with E-state index in [1.807, 2.05) is 32.0 Å². The minimum Gasteiger partial charge on any atom is -0.490 e. The third-order valence-corrected chi connectivity index (χ3v) is 9.93. The van der Waals surface area contributed by atoms with Gasteiger partial charge in [0.1, 0.15) is 10.6 Å². The Morgan fingerprint density at radius 3 is 2.53 bits per heavy atom. The van der Waals surface area contributed by atoms with E-state index in [-0.39, 0.29) is 42.2 Å². The van der Waals surface area contributed by atoms with Crippen molar-refractivity contribution in [1.29, 1.82) is 0 Å². The quantitative estimate of drug-likeness (QED) is 0.309. The maximum Gasteiger partial charge on any atom is 0.323 e. The number of benzene rings is 2. The molecule has 0 spiro atoms. The summed E-state index contributed by atoms with van der Waals surface area (Å²) in [6.45, 7) is 5.88. The van der Waals surface area contributed by atoms with Crippen molar-refractivity contribution in [2.75, 3.05) is 44.0 Å². The summed E-state index contributed by atoms with van der Waals surface area (Å²) in [4.78, 5) is 32.7. The number of aliphatic hydroxyl groups excluding tert-OH is 1. The lowest BCUT2D eigenvalue weighted by Crippen LogP contribution is -2.48. The molecule has 3 amide bonds. The fraction of sp³-hybridized carbons (Fsp3) is 0.441. The van der Waals surface area contributed by atoms with Crippen molar-refractivity contribution < 1.29 is 32.6 Å². The molecular weight excluding hydrogens is 622 g/mol. The molecule has 0 saturated heterocycles. The highest BCUT2D eigenvalue weighted by Gasteiger charge is 2.32. The molecule has 2 aromatic carbocycles. The molecule has 4 rings (SSSR count). The predicted octanol–water partition coefficient (Wildman–Crippen LogP) is 4.84. The Labute approximate surface area is 277 Å². The molecule has 1 aliphatic heterocycles. The van der Waals surface area contributed by atoms with E-state index in [1.54, 1.807) is 48.2 Å². The summed E-state index contributed by atoms with van der Waals surface area (Å²) in [5.41, 5.74) is 1.23. The van der Waals surface area contributed by atoms with Gasteiger partial charge >= 0.3 is 6.03 Å². The third kappa shape index (κ3) is 9.74. The van der Waals surface area contributed by atoms with E-state index >= 15 is 0 Å². The topological polar surface area (TPSA) is 150 Å². The van der Waals surface area contributed by atoms with Crippen LogP contribution >= 0.6 is 0 Å². The molecule has 0 bridgehead atoms. The van der Waals surface area contributed by atoms with E-state index in [4.69, 9.17) is 9.47 Å². The van der Waals surface area contributed by atoms with Crippen LogP contribution < -0.4 is 15.4 Å². The van der Waals surface area contributed by atoms with Crippen LogP contribution in [-0.2, 0) is 14.8 Å². The number of nitrogens with zero attached hydrogens (tertiary/aromatic N) is 3. The zero-order chi connectivity index (χ0) is 34.0. The zero-order valence-electron chi connectivity index (χ0n) is 27.3. The number of likely N-dealkylation sites (N-methyl/N-ethyl adjacent to an activating group) is 1. The maximum absolute atomic E-state index is 14.3. The van der Waals surface area contributed by atoms with Crippen LogP contribution in [0.5, 0.6) is 5.75 Å². The van der Waals surface area contributed by atoms with E-state index in [2.05, 4.69) is 15.6 Å². The number of sulfonamides is 1. The van der Waals surface area contributed by atoms with E-state index in [9.17, 15) is 23.1 Å². The number of hydrogen-bond acceptors (Lipinski definition) is 8. The normalized spacial score (nSPS) is 20.4. The highest BCUT2D eigenvalue weighted by Crippen LogP contribution is 2.29. The van der Waals surface area contributed by atoms with Gasteiger partial charge in [-0.2, -0.15) is 4.31 Å². The van der Waals surface area contributed by atoms with Crippen molar-refractivity contribution in [3.8, 4) is 5.75 Å². The average molecular weight is 668 g/mol. The zero-order valence-corrected chi connectivity index (χ0v) is 28.2. The molecule has 0 saturated carbocycles. The van der Waals surface area contributed by atoms with E-state index in [1.165, 1.54) is 29.8 Å². The molecule has 254 valence electrons. The number of aliphatic hydroxyl groups is 1. The summed E-state index contributed by atoms with van der Waals surface area (Å²) >= 11 is 0. The van der Waals surface area contributed by atoms with Gasteiger partial charge in [0.15, 0.2) is 0 Å². The number of urea groups is 1. The Hall–Kier alpha value is -4.04. The molecule has 3 aromatic rings. The number of aromatic nitrogens is 1. The first-order valence-electron chi connectivity index (χ1n) is 15.8. The van der Waals surface area contributed by atoms with Gasteiger partial charge in [-0.05, 0) is 75.6 Å². The average Bonchev–Trinajstić information content (AvgIpc) is 3.06. The van der Waals surface area contributed by atoms with E-state index in [0.717, 1.165) is 12.8 Å². The highest BCUT2D eigenvalue weighted by atomic mass is 32.2. The maximum atomic E-state index is 14.3. The van der Waals surface area contributed by atoms with Crippen molar-refractivity contribution in [3.63, 3.8) is 0 Å². The summed E-state index contributed by atoms with van der Waals surface area (Å²) in [5.74, 6) is -0.366. The third-order valence-electron chi connectivity index (χ3n) is 8.12. The monoisotopic (exact) mass is 667 g/mol. The number of carbonyl (C=O) groups excluding carboxylic acids is 2. The second-order valence-corrected chi connectivity index (χ2v) is 14.0. The van der Waals surface area contributed by atoms with Crippen LogP contribution in [0.1, 0.15) is 50.4 Å². The highest BCUT2D eigenvalue weighted by molar-refractivity contribution is 7.89. The molecule has 47 heavy (non-hydrogen) atoms. The van der Waals surface area contributed by atoms with Crippen LogP contribution in [0.3, 0.4) is 0 Å². The Balaban J connectivity index is 1.63. The van der Waals surface area contributed by atoms with Crippen molar-refractivity contribution in [2.24, 2.45) is 5.92 Å². The summed E-state index contributed by atoms with van der Waals surface area (Å²) < 4.78 is 40.4. The number of para-hydroxylation sites is 1. The SMILES string of the molecule is C[C@@H]1CN([C@@H](C)CO)C(=O)c2cc(NC(=O)Nc3ccccc3)ccc2O[C@@H](C)CCCCO[C@H]1CN(C)S(=O)(=O)c1cccnc1. The molecule has 0 fully saturated rings. The molecule has 4 atom stereocenters. The largest absolute Gasteiger partial charge is 0.490 e. The van der Waals surface area contributed by atoms with Crippen molar-refractivity contribution in [3.05, 3.63) is 78.6 Å². The van der Waals surface area contributed by atoms with Gasteiger partial charge < -0.3 is 30.1 Å². The Morgan fingerprint density at radius 2 is 1.83 bits per heavy atom. The second-order valence-electron chi connectivity index (χ2n) is 11.9. The molecule has 0 unspecified atom stereocenters. The fourth-order valence-corrected chi connectivity index (χ4v) is 6.46. The van der Waals surface area contributed by atoms with Crippen LogP contribution in [0.4, 0.5) is 16.2 Å². The molecule has 1 aliphatic rings. The first-order valence-corrected chi connectivity index (χ1v) is 17.3. The number of carbonyl (C=O) groups is 2. The minimum absolute atomic E-state index is 0.0502. The van der Waals surface area contributed by atoms with Gasteiger partial charge in [-0.3, -0.25) is 9.78 Å². The lowest BCUT2D eigenvalue weighted by Gasteiger charge is -2.35. The Kier molecular flexibility index (Phi) is 12.7. The number of pyridine rings is 1. The van der Waals surface area contributed by atoms with Crippen molar-refractivity contribution in [2.45, 2.75) is 63.2 Å². The molecule has 3 N–H and O–H groups in total. The fourth-order valence-electron chi connectivity index (χ4n) is 5.31. The van der Waals surface area contributed by atoms with Gasteiger partial charge in [-0.25, -0.2) is 13.2 Å². The minimum atomic E-state index is -3.84. The van der Waals surface area contributed by atoms with Crippen LogP contribution in [0, 0.1) is 5.92 Å². The summed E-state index contributed by atoms with van der Waals surface area (Å²) in [6.07, 6.45) is 4.26. The van der Waals surface area contributed by atoms with E-state index < -0.39 is 34.1 Å². The van der Waals surface area contributed by atoms with Gasteiger partial charge in [-0.1, -0.05) is 25.1 Å². The lowest BCUT2D eigenvalue weighted by molar-refractivity contribution is -0.00834. The standard InChI is InChI=1S/C34H45N5O7S/c1-24-21-39(25(2)23-40)33(41)30-19-28(37-34(42)36-27-12-6-5-7-13-27)15-16-31(30)46-26(3)11-8-9-18-45-32(24)22-38(4)47(43,44)29-14-10-17-35-20-29/h5-7,10,12-17,19-20,24-26,32,40H,8-9,11,18,21-23H2,1-4H3,(H2,36,37,42)/t24-,25+,26+,32+/m1/s1. The van der Waals surface area contributed by atoms with Gasteiger partial charge in [0, 0.05) is 56.4 Å². The smallest absolute Gasteiger partial charge is 0.323 e. The summed E-state index contributed by atoms with van der Waals surface area (Å²) in [7, 11) is -2.34. The molecule has 0 radical (unpaired) electrons. The number of hydrogen-bond donors (Lipinski definition) is 3. The van der Waals surface area contributed by atoms with Gasteiger partial charge in [0.25, 0.3) is 5.91 Å². The molecule has 12 nitrogen and oxygen atoms in total. The molecule has 2 heterocycles. The molecule has 0 aliphatic carbocycles. The van der Waals surface area contributed by atoms with E-state index in [0.29, 0.717) is 30.2 Å². The number of anilines is 2. The van der Waals surface area contributed by atoms with Gasteiger partial charge in [-0.15, -0.1) is 0 Å².